The van der Waals surface area contributed by atoms with Crippen molar-refractivity contribution in [2.45, 2.75) is 0 Å². The van der Waals surface area contributed by atoms with E-state index in [9.17, 15) is 0 Å². The second kappa shape index (κ2) is 5.59. The molecule has 0 aliphatic carbocycles. The molecule has 0 bridgehead atoms. The normalized spacial score (nSPS) is 10.3. The summed E-state index contributed by atoms with van der Waals surface area (Å²) >= 11 is 0. The van der Waals surface area contributed by atoms with Crippen LogP contribution in [0.15, 0.2) is 72.8 Å². The van der Waals surface area contributed by atoms with E-state index in [1.54, 1.807) is 6.07 Å². The van der Waals surface area contributed by atoms with E-state index in [1.807, 2.05) is 66.7 Å². The summed E-state index contributed by atoms with van der Waals surface area (Å²) in [6, 6.07) is 23.1. The molecule has 3 aromatic rings. The summed E-state index contributed by atoms with van der Waals surface area (Å²) in [4.78, 5) is 0. The standard InChI is InChI=1S/C18H16N2O/c19-15-10-4-5-12-17(15)21-18-14(9-6-11-16(18)20)13-7-2-1-3-8-13/h1-12H,19-20H2. The van der Waals surface area contributed by atoms with Crippen molar-refractivity contribution in [2.75, 3.05) is 11.5 Å². The number of ether oxygens (including phenoxy) is 1. The number of hydrogen-bond donors (Lipinski definition) is 2. The maximum atomic E-state index is 6.09. The highest BCUT2D eigenvalue weighted by Crippen LogP contribution is 2.39. The maximum absolute atomic E-state index is 6.09. The Bertz CT molecular complexity index is 754. The molecule has 3 rings (SSSR count). The van der Waals surface area contributed by atoms with Crippen molar-refractivity contribution < 1.29 is 4.74 Å². The van der Waals surface area contributed by atoms with E-state index in [4.69, 9.17) is 16.2 Å². The van der Waals surface area contributed by atoms with Gasteiger partial charge in [-0.2, -0.15) is 0 Å². The highest BCUT2D eigenvalue weighted by atomic mass is 16.5. The Morgan fingerprint density at radius 2 is 1.29 bits per heavy atom. The van der Waals surface area contributed by atoms with Crippen LogP contribution in [0.2, 0.25) is 0 Å². The van der Waals surface area contributed by atoms with Gasteiger partial charge in [-0.05, 0) is 23.8 Å². The quantitative estimate of drug-likeness (QED) is 0.701. The molecule has 0 saturated heterocycles. The number of anilines is 2. The van der Waals surface area contributed by atoms with Gasteiger partial charge in [0.2, 0.25) is 0 Å². The Kier molecular flexibility index (Phi) is 3.48. The third-order valence-electron chi connectivity index (χ3n) is 3.26. The first-order chi connectivity index (χ1) is 10.3. The second-order valence-corrected chi connectivity index (χ2v) is 4.73. The highest BCUT2D eigenvalue weighted by molar-refractivity contribution is 5.78. The molecule has 0 fully saturated rings. The van der Waals surface area contributed by atoms with Gasteiger partial charge in [0, 0.05) is 5.56 Å². The third kappa shape index (κ3) is 2.67. The van der Waals surface area contributed by atoms with E-state index in [2.05, 4.69) is 0 Å². The number of benzene rings is 3. The summed E-state index contributed by atoms with van der Waals surface area (Å²) in [5, 5.41) is 0. The predicted octanol–water partition coefficient (Wildman–Crippen LogP) is 4.31. The highest BCUT2D eigenvalue weighted by Gasteiger charge is 2.11. The molecule has 0 spiro atoms. The van der Waals surface area contributed by atoms with E-state index < -0.39 is 0 Å². The van der Waals surface area contributed by atoms with E-state index in [0.29, 0.717) is 22.9 Å². The molecule has 3 heteroatoms. The van der Waals surface area contributed by atoms with Crippen LogP contribution in [0, 0.1) is 0 Å². The van der Waals surface area contributed by atoms with Gasteiger partial charge in [0.05, 0.1) is 11.4 Å². The van der Waals surface area contributed by atoms with Crippen molar-refractivity contribution in [3.05, 3.63) is 72.8 Å². The fraction of sp³-hybridized carbons (Fsp3) is 0. The first kappa shape index (κ1) is 13.1. The SMILES string of the molecule is Nc1ccccc1Oc1c(N)cccc1-c1ccccc1. The number of para-hydroxylation sites is 3. The minimum absolute atomic E-state index is 0.583. The molecule has 0 unspecified atom stereocenters. The number of rotatable bonds is 3. The monoisotopic (exact) mass is 276 g/mol. The van der Waals surface area contributed by atoms with Crippen LogP contribution in [0.1, 0.15) is 0 Å². The molecule has 3 aromatic carbocycles. The average molecular weight is 276 g/mol. The lowest BCUT2D eigenvalue weighted by atomic mass is 10.0. The van der Waals surface area contributed by atoms with Crippen molar-refractivity contribution in [3.8, 4) is 22.6 Å². The van der Waals surface area contributed by atoms with E-state index in [0.717, 1.165) is 11.1 Å². The van der Waals surface area contributed by atoms with Crippen LogP contribution < -0.4 is 16.2 Å². The van der Waals surface area contributed by atoms with Crippen molar-refractivity contribution in [1.29, 1.82) is 0 Å². The summed E-state index contributed by atoms with van der Waals surface area (Å²) in [6.45, 7) is 0. The molecule has 0 amide bonds. The zero-order valence-corrected chi connectivity index (χ0v) is 11.5. The molecule has 0 radical (unpaired) electrons. The minimum atomic E-state index is 0.583. The average Bonchev–Trinajstić information content (AvgIpc) is 2.52. The van der Waals surface area contributed by atoms with Crippen LogP contribution in [0.5, 0.6) is 11.5 Å². The van der Waals surface area contributed by atoms with Crippen LogP contribution in [0.25, 0.3) is 11.1 Å². The summed E-state index contributed by atoms with van der Waals surface area (Å²) in [7, 11) is 0. The molecule has 4 N–H and O–H groups in total. The van der Waals surface area contributed by atoms with Gasteiger partial charge in [0.1, 0.15) is 5.75 Å². The number of nitrogens with two attached hydrogens (primary N) is 2. The largest absolute Gasteiger partial charge is 0.452 e. The molecule has 0 aliphatic rings. The van der Waals surface area contributed by atoms with Crippen LogP contribution >= 0.6 is 0 Å². The van der Waals surface area contributed by atoms with Gasteiger partial charge < -0.3 is 16.2 Å². The third-order valence-corrected chi connectivity index (χ3v) is 3.26. The van der Waals surface area contributed by atoms with Crippen molar-refractivity contribution >= 4 is 11.4 Å². The minimum Gasteiger partial charge on any atom is -0.452 e. The van der Waals surface area contributed by atoms with Crippen LogP contribution in [0.3, 0.4) is 0 Å². The molecular formula is C18H16N2O. The van der Waals surface area contributed by atoms with Gasteiger partial charge in [-0.3, -0.25) is 0 Å². The topological polar surface area (TPSA) is 61.3 Å². The molecule has 21 heavy (non-hydrogen) atoms. The molecule has 0 heterocycles. The Morgan fingerprint density at radius 1 is 0.619 bits per heavy atom. The maximum Gasteiger partial charge on any atom is 0.158 e. The molecule has 3 nitrogen and oxygen atoms in total. The van der Waals surface area contributed by atoms with Crippen LogP contribution in [-0.4, -0.2) is 0 Å². The van der Waals surface area contributed by atoms with Gasteiger partial charge in [-0.15, -0.1) is 0 Å². The molecule has 0 atom stereocenters. The van der Waals surface area contributed by atoms with Gasteiger partial charge in [-0.25, -0.2) is 0 Å². The molecule has 0 aromatic heterocycles. The Labute approximate surface area is 123 Å². The van der Waals surface area contributed by atoms with Gasteiger partial charge in [-0.1, -0.05) is 54.6 Å². The molecule has 0 saturated carbocycles. The lowest BCUT2D eigenvalue weighted by Gasteiger charge is -2.15. The first-order valence-corrected chi connectivity index (χ1v) is 6.72. The molecular weight excluding hydrogens is 260 g/mol. The summed E-state index contributed by atoms with van der Waals surface area (Å²) in [6.07, 6.45) is 0. The summed E-state index contributed by atoms with van der Waals surface area (Å²) < 4.78 is 5.98. The lowest BCUT2D eigenvalue weighted by molar-refractivity contribution is 0.489. The van der Waals surface area contributed by atoms with Crippen LogP contribution in [-0.2, 0) is 0 Å². The second-order valence-electron chi connectivity index (χ2n) is 4.73. The van der Waals surface area contributed by atoms with E-state index in [-0.39, 0.29) is 0 Å². The zero-order chi connectivity index (χ0) is 14.7. The first-order valence-electron chi connectivity index (χ1n) is 6.72. The van der Waals surface area contributed by atoms with Crippen molar-refractivity contribution in [2.24, 2.45) is 0 Å². The van der Waals surface area contributed by atoms with Gasteiger partial charge >= 0.3 is 0 Å². The molecule has 0 aliphatic heterocycles. The summed E-state index contributed by atoms with van der Waals surface area (Å²) in [5.74, 6) is 1.23. The number of hydrogen-bond acceptors (Lipinski definition) is 3. The van der Waals surface area contributed by atoms with Crippen LogP contribution in [0.4, 0.5) is 11.4 Å². The fourth-order valence-corrected chi connectivity index (χ4v) is 2.20. The smallest absolute Gasteiger partial charge is 0.158 e. The molecule has 104 valence electrons. The van der Waals surface area contributed by atoms with Crippen molar-refractivity contribution in [1.82, 2.24) is 0 Å². The Balaban J connectivity index is 2.08. The fourth-order valence-electron chi connectivity index (χ4n) is 2.20. The lowest BCUT2D eigenvalue weighted by Crippen LogP contribution is -1.97. The van der Waals surface area contributed by atoms with E-state index >= 15 is 0 Å². The summed E-state index contributed by atoms with van der Waals surface area (Å²) in [5.41, 5.74) is 15.2. The Hall–Kier alpha value is -2.94. The zero-order valence-electron chi connectivity index (χ0n) is 11.5. The Morgan fingerprint density at radius 3 is 2.05 bits per heavy atom. The van der Waals surface area contributed by atoms with Gasteiger partial charge in [0.15, 0.2) is 5.75 Å². The number of nitrogen functional groups attached to an aromatic ring is 2. The van der Waals surface area contributed by atoms with Gasteiger partial charge in [0.25, 0.3) is 0 Å². The van der Waals surface area contributed by atoms with Crippen molar-refractivity contribution in [3.63, 3.8) is 0 Å². The van der Waals surface area contributed by atoms with E-state index in [1.165, 1.54) is 0 Å². The predicted molar refractivity (Wildman–Crippen MR) is 87.2 cm³/mol.